The van der Waals surface area contributed by atoms with Crippen molar-refractivity contribution >= 4 is 5.97 Å². The fourth-order valence-corrected chi connectivity index (χ4v) is 1.60. The highest BCUT2D eigenvalue weighted by atomic mass is 16.4. The summed E-state index contributed by atoms with van der Waals surface area (Å²) in [5.74, 6) is -0.742. The molecule has 18 heavy (non-hydrogen) atoms. The van der Waals surface area contributed by atoms with Crippen LogP contribution in [0.3, 0.4) is 0 Å². The maximum atomic E-state index is 10.9. The Morgan fingerprint density at radius 2 is 2.28 bits per heavy atom. The van der Waals surface area contributed by atoms with Crippen LogP contribution in [0.15, 0.2) is 18.5 Å². The molecule has 102 valence electrons. The molecular formula is C13H23N3O2. The lowest BCUT2D eigenvalue weighted by Crippen LogP contribution is -2.33. The second-order valence-corrected chi connectivity index (χ2v) is 5.35. The molecule has 0 aliphatic heterocycles. The van der Waals surface area contributed by atoms with Gasteiger partial charge in [0.25, 0.3) is 0 Å². The highest BCUT2D eigenvalue weighted by molar-refractivity contribution is 5.73. The van der Waals surface area contributed by atoms with Crippen LogP contribution in [-0.2, 0) is 11.3 Å². The Kier molecular flexibility index (Phi) is 5.34. The SMILES string of the molecule is CC(CCn1cccn1)NCCC(C)(C)C(=O)O. The number of rotatable bonds is 8. The first-order valence-electron chi connectivity index (χ1n) is 6.36. The van der Waals surface area contributed by atoms with Gasteiger partial charge >= 0.3 is 5.97 Å². The van der Waals surface area contributed by atoms with Crippen molar-refractivity contribution in [3.8, 4) is 0 Å². The fraction of sp³-hybridized carbons (Fsp3) is 0.692. The van der Waals surface area contributed by atoms with Gasteiger partial charge in [0.05, 0.1) is 5.41 Å². The van der Waals surface area contributed by atoms with Gasteiger partial charge in [0.15, 0.2) is 0 Å². The molecule has 1 aromatic heterocycles. The Morgan fingerprint density at radius 3 is 2.83 bits per heavy atom. The Balaban J connectivity index is 2.17. The molecule has 1 rings (SSSR count). The van der Waals surface area contributed by atoms with Crippen molar-refractivity contribution in [3.63, 3.8) is 0 Å². The van der Waals surface area contributed by atoms with Gasteiger partial charge in [-0.05, 0) is 46.2 Å². The van der Waals surface area contributed by atoms with E-state index in [2.05, 4.69) is 17.3 Å². The van der Waals surface area contributed by atoms with Crippen LogP contribution >= 0.6 is 0 Å². The molecule has 0 bridgehead atoms. The summed E-state index contributed by atoms with van der Waals surface area (Å²) in [5.41, 5.74) is -0.658. The number of aliphatic carboxylic acids is 1. The van der Waals surface area contributed by atoms with Gasteiger partial charge in [0.1, 0.15) is 0 Å². The summed E-state index contributed by atoms with van der Waals surface area (Å²) in [4.78, 5) is 10.9. The van der Waals surface area contributed by atoms with Gasteiger partial charge in [-0.3, -0.25) is 9.48 Å². The summed E-state index contributed by atoms with van der Waals surface area (Å²) in [5, 5.41) is 16.5. The van der Waals surface area contributed by atoms with Gasteiger partial charge in [-0.25, -0.2) is 0 Å². The van der Waals surface area contributed by atoms with E-state index in [1.165, 1.54) is 0 Å². The molecule has 1 heterocycles. The van der Waals surface area contributed by atoms with E-state index in [1.807, 2.05) is 16.9 Å². The van der Waals surface area contributed by atoms with E-state index < -0.39 is 11.4 Å². The second-order valence-electron chi connectivity index (χ2n) is 5.35. The predicted octanol–water partition coefficient (Wildman–Crippen LogP) is 1.75. The monoisotopic (exact) mass is 253 g/mol. The van der Waals surface area contributed by atoms with E-state index in [1.54, 1.807) is 20.0 Å². The van der Waals surface area contributed by atoms with Crippen LogP contribution in [-0.4, -0.2) is 33.4 Å². The van der Waals surface area contributed by atoms with Crippen molar-refractivity contribution in [2.24, 2.45) is 5.41 Å². The van der Waals surface area contributed by atoms with E-state index in [0.29, 0.717) is 12.5 Å². The number of nitrogens with one attached hydrogen (secondary N) is 1. The smallest absolute Gasteiger partial charge is 0.309 e. The van der Waals surface area contributed by atoms with Crippen molar-refractivity contribution in [1.29, 1.82) is 0 Å². The van der Waals surface area contributed by atoms with E-state index in [4.69, 9.17) is 5.11 Å². The molecule has 0 saturated heterocycles. The molecule has 0 amide bonds. The Bertz CT molecular complexity index is 360. The summed E-state index contributed by atoms with van der Waals surface area (Å²) in [7, 11) is 0. The lowest BCUT2D eigenvalue weighted by atomic mass is 9.89. The standard InChI is InChI=1S/C13H23N3O2/c1-11(5-10-16-9-4-7-15-16)14-8-6-13(2,3)12(17)18/h4,7,9,11,14H,5-6,8,10H2,1-3H3,(H,17,18). The van der Waals surface area contributed by atoms with E-state index >= 15 is 0 Å². The van der Waals surface area contributed by atoms with Gasteiger partial charge in [-0.1, -0.05) is 0 Å². The number of aryl methyl sites for hydroxylation is 1. The van der Waals surface area contributed by atoms with E-state index in [-0.39, 0.29) is 0 Å². The zero-order valence-corrected chi connectivity index (χ0v) is 11.4. The summed E-state index contributed by atoms with van der Waals surface area (Å²) in [6.45, 7) is 7.22. The summed E-state index contributed by atoms with van der Waals surface area (Å²) in [6.07, 6.45) is 5.33. The van der Waals surface area contributed by atoms with Crippen LogP contribution in [0, 0.1) is 5.41 Å². The third-order valence-electron chi connectivity index (χ3n) is 3.17. The quantitative estimate of drug-likeness (QED) is 0.740. The van der Waals surface area contributed by atoms with Crippen molar-refractivity contribution in [2.75, 3.05) is 6.54 Å². The number of nitrogens with zero attached hydrogens (tertiary/aromatic N) is 2. The summed E-state index contributed by atoms with van der Waals surface area (Å²) in [6, 6.07) is 2.27. The topological polar surface area (TPSA) is 67.2 Å². The molecule has 0 radical (unpaired) electrons. The number of carboxylic acid groups (broad SMARTS) is 1. The lowest BCUT2D eigenvalue weighted by molar-refractivity contribution is -0.147. The molecule has 5 heteroatoms. The van der Waals surface area contributed by atoms with Crippen LogP contribution < -0.4 is 5.32 Å². The Morgan fingerprint density at radius 1 is 1.56 bits per heavy atom. The molecule has 0 aliphatic rings. The number of hydrogen-bond acceptors (Lipinski definition) is 3. The minimum absolute atomic E-state index is 0.360. The van der Waals surface area contributed by atoms with Gasteiger partial charge in [-0.15, -0.1) is 0 Å². The Hall–Kier alpha value is -1.36. The van der Waals surface area contributed by atoms with Crippen molar-refractivity contribution < 1.29 is 9.90 Å². The molecule has 0 aliphatic carbocycles. The first-order chi connectivity index (χ1) is 8.42. The van der Waals surface area contributed by atoms with Crippen molar-refractivity contribution in [2.45, 2.75) is 46.2 Å². The van der Waals surface area contributed by atoms with Crippen LogP contribution in [0.25, 0.3) is 0 Å². The van der Waals surface area contributed by atoms with Crippen LogP contribution in [0.2, 0.25) is 0 Å². The largest absolute Gasteiger partial charge is 0.481 e. The Labute approximate surface area is 108 Å². The molecule has 1 unspecified atom stereocenters. The first-order valence-corrected chi connectivity index (χ1v) is 6.36. The predicted molar refractivity (Wildman–Crippen MR) is 70.3 cm³/mol. The molecule has 2 N–H and O–H groups in total. The van der Waals surface area contributed by atoms with Crippen LogP contribution in [0.5, 0.6) is 0 Å². The highest BCUT2D eigenvalue weighted by Crippen LogP contribution is 2.19. The number of carboxylic acids is 1. The molecule has 0 spiro atoms. The third kappa shape index (κ3) is 4.87. The summed E-state index contributed by atoms with van der Waals surface area (Å²) < 4.78 is 1.90. The molecular weight excluding hydrogens is 230 g/mol. The van der Waals surface area contributed by atoms with Crippen molar-refractivity contribution in [1.82, 2.24) is 15.1 Å². The highest BCUT2D eigenvalue weighted by Gasteiger charge is 2.26. The second kappa shape index (κ2) is 6.54. The average molecular weight is 253 g/mol. The van der Waals surface area contributed by atoms with Crippen LogP contribution in [0.1, 0.15) is 33.6 Å². The molecule has 0 saturated carbocycles. The molecule has 1 aromatic rings. The maximum absolute atomic E-state index is 10.9. The first kappa shape index (κ1) is 14.7. The minimum atomic E-state index is -0.742. The fourth-order valence-electron chi connectivity index (χ4n) is 1.60. The van der Waals surface area contributed by atoms with Crippen molar-refractivity contribution in [3.05, 3.63) is 18.5 Å². The zero-order chi connectivity index (χ0) is 13.6. The lowest BCUT2D eigenvalue weighted by Gasteiger charge is -2.21. The van der Waals surface area contributed by atoms with E-state index in [9.17, 15) is 4.79 Å². The van der Waals surface area contributed by atoms with Gasteiger partial charge in [0.2, 0.25) is 0 Å². The number of hydrogen-bond donors (Lipinski definition) is 2. The molecule has 0 aromatic carbocycles. The molecule has 5 nitrogen and oxygen atoms in total. The average Bonchev–Trinajstić information content (AvgIpc) is 2.78. The third-order valence-corrected chi connectivity index (χ3v) is 3.17. The molecule has 0 fully saturated rings. The normalized spacial score (nSPS) is 13.5. The molecule has 1 atom stereocenters. The van der Waals surface area contributed by atoms with Gasteiger partial charge in [-0.2, -0.15) is 5.10 Å². The number of aromatic nitrogens is 2. The summed E-state index contributed by atoms with van der Waals surface area (Å²) >= 11 is 0. The number of carbonyl (C=O) groups is 1. The maximum Gasteiger partial charge on any atom is 0.309 e. The zero-order valence-electron chi connectivity index (χ0n) is 11.4. The van der Waals surface area contributed by atoms with Crippen LogP contribution in [0.4, 0.5) is 0 Å². The van der Waals surface area contributed by atoms with Gasteiger partial charge in [0, 0.05) is 25.0 Å². The van der Waals surface area contributed by atoms with Gasteiger partial charge < -0.3 is 10.4 Å². The minimum Gasteiger partial charge on any atom is -0.481 e. The van der Waals surface area contributed by atoms with E-state index in [0.717, 1.165) is 19.5 Å².